The van der Waals surface area contributed by atoms with Crippen LogP contribution < -0.4 is 5.32 Å². The number of aryl methyl sites for hydroxylation is 1. The van der Waals surface area contributed by atoms with E-state index < -0.39 is 5.97 Å². The minimum atomic E-state index is -1.03. The summed E-state index contributed by atoms with van der Waals surface area (Å²) in [6.07, 6.45) is 0. The van der Waals surface area contributed by atoms with Crippen LogP contribution in [0.2, 0.25) is 5.02 Å². The van der Waals surface area contributed by atoms with Crippen molar-refractivity contribution in [3.8, 4) is 6.07 Å². The third-order valence-electron chi connectivity index (χ3n) is 2.78. The predicted octanol–water partition coefficient (Wildman–Crippen LogP) is 3.96. The van der Waals surface area contributed by atoms with Crippen LogP contribution in [-0.4, -0.2) is 11.1 Å². The van der Waals surface area contributed by atoms with Crippen molar-refractivity contribution in [1.29, 1.82) is 5.26 Å². The SMILES string of the molecule is Cc1ccc(Nc2cc(Cl)ccc2C#N)c(C(=O)O)c1. The maximum absolute atomic E-state index is 11.3. The molecule has 0 aliphatic heterocycles. The summed E-state index contributed by atoms with van der Waals surface area (Å²) in [5.41, 5.74) is 2.29. The minimum absolute atomic E-state index is 0.147. The first kappa shape index (κ1) is 13.9. The predicted molar refractivity (Wildman–Crippen MR) is 77.6 cm³/mol. The number of nitrogens with zero attached hydrogens (tertiary/aromatic N) is 1. The zero-order valence-corrected chi connectivity index (χ0v) is 11.4. The van der Waals surface area contributed by atoms with Crippen molar-refractivity contribution in [3.63, 3.8) is 0 Å². The van der Waals surface area contributed by atoms with Gasteiger partial charge in [-0.05, 0) is 37.3 Å². The molecule has 0 radical (unpaired) electrons. The van der Waals surface area contributed by atoms with Gasteiger partial charge in [0.25, 0.3) is 0 Å². The van der Waals surface area contributed by atoms with Crippen molar-refractivity contribution < 1.29 is 9.90 Å². The number of carbonyl (C=O) groups is 1. The summed E-state index contributed by atoms with van der Waals surface area (Å²) < 4.78 is 0. The highest BCUT2D eigenvalue weighted by atomic mass is 35.5. The molecule has 0 spiro atoms. The topological polar surface area (TPSA) is 73.1 Å². The summed E-state index contributed by atoms with van der Waals surface area (Å²) in [6.45, 7) is 1.82. The Labute approximate surface area is 121 Å². The van der Waals surface area contributed by atoms with E-state index in [9.17, 15) is 9.90 Å². The van der Waals surface area contributed by atoms with Gasteiger partial charge in [-0.1, -0.05) is 23.2 Å². The quantitative estimate of drug-likeness (QED) is 0.895. The third kappa shape index (κ3) is 2.90. The largest absolute Gasteiger partial charge is 0.478 e. The Balaban J connectivity index is 2.48. The molecule has 0 unspecified atom stereocenters. The van der Waals surface area contributed by atoms with Crippen LogP contribution in [0.5, 0.6) is 0 Å². The molecule has 0 amide bonds. The maximum atomic E-state index is 11.3. The number of rotatable bonds is 3. The maximum Gasteiger partial charge on any atom is 0.337 e. The fourth-order valence-electron chi connectivity index (χ4n) is 1.81. The normalized spacial score (nSPS) is 9.85. The zero-order valence-electron chi connectivity index (χ0n) is 10.6. The number of carboxylic acids is 1. The van der Waals surface area contributed by atoms with Crippen molar-refractivity contribution in [2.75, 3.05) is 5.32 Å². The van der Waals surface area contributed by atoms with Crippen molar-refractivity contribution in [3.05, 3.63) is 58.1 Å². The number of hydrogen-bond acceptors (Lipinski definition) is 3. The van der Waals surface area contributed by atoms with E-state index in [1.54, 1.807) is 36.4 Å². The Kier molecular flexibility index (Phi) is 3.92. The van der Waals surface area contributed by atoms with E-state index in [0.29, 0.717) is 22.0 Å². The molecule has 0 saturated carbocycles. The lowest BCUT2D eigenvalue weighted by Crippen LogP contribution is -2.04. The van der Waals surface area contributed by atoms with Gasteiger partial charge in [-0.15, -0.1) is 0 Å². The number of aromatic carboxylic acids is 1. The van der Waals surface area contributed by atoms with Crippen LogP contribution in [0.25, 0.3) is 0 Å². The van der Waals surface area contributed by atoms with Gasteiger partial charge in [0, 0.05) is 5.02 Å². The standard InChI is InChI=1S/C15H11ClN2O2/c1-9-2-5-13(12(6-9)15(19)20)18-14-7-11(16)4-3-10(14)8-17/h2-7,18H,1H3,(H,19,20). The minimum Gasteiger partial charge on any atom is -0.478 e. The van der Waals surface area contributed by atoms with Crippen LogP contribution in [-0.2, 0) is 0 Å². The molecule has 2 aromatic carbocycles. The van der Waals surface area contributed by atoms with Crippen molar-refractivity contribution in [2.24, 2.45) is 0 Å². The fourth-order valence-corrected chi connectivity index (χ4v) is 1.98. The highest BCUT2D eigenvalue weighted by Gasteiger charge is 2.12. The first-order valence-electron chi connectivity index (χ1n) is 5.82. The number of nitrogens with one attached hydrogen (secondary N) is 1. The molecule has 0 atom stereocenters. The summed E-state index contributed by atoms with van der Waals surface area (Å²) in [4.78, 5) is 11.3. The summed E-state index contributed by atoms with van der Waals surface area (Å²) in [5.74, 6) is -1.03. The van der Waals surface area contributed by atoms with Gasteiger partial charge < -0.3 is 10.4 Å². The molecule has 0 aromatic heterocycles. The molecule has 2 aromatic rings. The van der Waals surface area contributed by atoms with E-state index in [-0.39, 0.29) is 5.56 Å². The van der Waals surface area contributed by atoms with Crippen LogP contribution in [0, 0.1) is 18.3 Å². The molecule has 0 aliphatic rings. The average Bonchev–Trinajstić information content (AvgIpc) is 2.41. The zero-order chi connectivity index (χ0) is 14.7. The van der Waals surface area contributed by atoms with E-state index in [2.05, 4.69) is 5.32 Å². The molecule has 4 nitrogen and oxygen atoms in total. The van der Waals surface area contributed by atoms with E-state index in [4.69, 9.17) is 16.9 Å². The number of hydrogen-bond donors (Lipinski definition) is 2. The highest BCUT2D eigenvalue weighted by molar-refractivity contribution is 6.30. The van der Waals surface area contributed by atoms with Gasteiger partial charge in [-0.25, -0.2) is 4.79 Å². The second-order valence-electron chi connectivity index (χ2n) is 4.28. The molecule has 20 heavy (non-hydrogen) atoms. The number of halogens is 1. The average molecular weight is 287 g/mol. The smallest absolute Gasteiger partial charge is 0.337 e. The summed E-state index contributed by atoms with van der Waals surface area (Å²) in [7, 11) is 0. The van der Waals surface area contributed by atoms with Crippen molar-refractivity contribution in [2.45, 2.75) is 6.92 Å². The first-order valence-corrected chi connectivity index (χ1v) is 6.19. The Morgan fingerprint density at radius 2 is 2.00 bits per heavy atom. The van der Waals surface area contributed by atoms with Crippen LogP contribution in [0.3, 0.4) is 0 Å². The van der Waals surface area contributed by atoms with Gasteiger partial charge in [-0.3, -0.25) is 0 Å². The van der Waals surface area contributed by atoms with E-state index in [1.807, 2.05) is 13.0 Å². The van der Waals surface area contributed by atoms with Gasteiger partial charge in [-0.2, -0.15) is 5.26 Å². The molecule has 0 fully saturated rings. The van der Waals surface area contributed by atoms with Gasteiger partial charge in [0.1, 0.15) is 6.07 Å². The lowest BCUT2D eigenvalue weighted by molar-refractivity contribution is 0.0698. The fraction of sp³-hybridized carbons (Fsp3) is 0.0667. The molecule has 2 rings (SSSR count). The molecule has 0 bridgehead atoms. The molecular formula is C15H11ClN2O2. The van der Waals surface area contributed by atoms with Gasteiger partial charge in [0.2, 0.25) is 0 Å². The molecule has 100 valence electrons. The van der Waals surface area contributed by atoms with E-state index >= 15 is 0 Å². The Bertz CT molecular complexity index is 720. The Morgan fingerprint density at radius 1 is 1.25 bits per heavy atom. The number of benzene rings is 2. The molecule has 0 heterocycles. The van der Waals surface area contributed by atoms with Gasteiger partial charge in [0.05, 0.1) is 22.5 Å². The van der Waals surface area contributed by atoms with E-state index in [0.717, 1.165) is 5.56 Å². The van der Waals surface area contributed by atoms with Crippen LogP contribution in [0.15, 0.2) is 36.4 Å². The van der Waals surface area contributed by atoms with Gasteiger partial charge >= 0.3 is 5.97 Å². The van der Waals surface area contributed by atoms with Crippen molar-refractivity contribution >= 4 is 28.9 Å². The summed E-state index contributed by atoms with van der Waals surface area (Å²) >= 11 is 5.90. The molecule has 0 aliphatic carbocycles. The number of anilines is 2. The number of nitriles is 1. The monoisotopic (exact) mass is 286 g/mol. The van der Waals surface area contributed by atoms with Crippen molar-refractivity contribution in [1.82, 2.24) is 0 Å². The Hall–Kier alpha value is -2.51. The lowest BCUT2D eigenvalue weighted by Gasteiger charge is -2.12. The molecular weight excluding hydrogens is 276 g/mol. The first-order chi connectivity index (χ1) is 9.51. The summed E-state index contributed by atoms with van der Waals surface area (Å²) in [6, 6.07) is 11.9. The lowest BCUT2D eigenvalue weighted by atomic mass is 10.1. The van der Waals surface area contributed by atoms with E-state index in [1.165, 1.54) is 0 Å². The second-order valence-corrected chi connectivity index (χ2v) is 4.72. The number of carboxylic acid groups (broad SMARTS) is 1. The molecule has 2 N–H and O–H groups in total. The Morgan fingerprint density at radius 3 is 2.65 bits per heavy atom. The second kappa shape index (κ2) is 5.64. The summed E-state index contributed by atoms with van der Waals surface area (Å²) in [5, 5.41) is 21.7. The van der Waals surface area contributed by atoms with Crippen LogP contribution >= 0.6 is 11.6 Å². The van der Waals surface area contributed by atoms with Crippen LogP contribution in [0.1, 0.15) is 21.5 Å². The van der Waals surface area contributed by atoms with Crippen LogP contribution in [0.4, 0.5) is 11.4 Å². The third-order valence-corrected chi connectivity index (χ3v) is 3.01. The van der Waals surface area contributed by atoms with Gasteiger partial charge in [0.15, 0.2) is 0 Å². The highest BCUT2D eigenvalue weighted by Crippen LogP contribution is 2.27. The molecule has 5 heteroatoms. The molecule has 0 saturated heterocycles.